The zero-order valence-electron chi connectivity index (χ0n) is 14.9. The van der Waals surface area contributed by atoms with E-state index in [1.165, 1.54) is 10.8 Å². The second kappa shape index (κ2) is 8.22. The van der Waals surface area contributed by atoms with Crippen LogP contribution in [0.2, 0.25) is 0 Å². The van der Waals surface area contributed by atoms with Gasteiger partial charge in [0.05, 0.1) is 6.04 Å². The molecule has 0 aliphatic heterocycles. The van der Waals surface area contributed by atoms with Gasteiger partial charge in [-0.05, 0) is 45.8 Å². The molecule has 1 heterocycles. The molecular formula is C19H20N6O2. The summed E-state index contributed by atoms with van der Waals surface area (Å²) in [6.07, 6.45) is 1.20. The summed E-state index contributed by atoms with van der Waals surface area (Å²) >= 11 is 0. The fourth-order valence-electron chi connectivity index (χ4n) is 2.72. The van der Waals surface area contributed by atoms with Crippen molar-refractivity contribution >= 4 is 22.6 Å². The van der Waals surface area contributed by atoms with E-state index in [-0.39, 0.29) is 24.9 Å². The summed E-state index contributed by atoms with van der Waals surface area (Å²) in [6.45, 7) is 5.41. The van der Waals surface area contributed by atoms with Crippen LogP contribution < -0.4 is 10.6 Å². The number of nitrogens with one attached hydrogen (secondary N) is 2. The zero-order chi connectivity index (χ0) is 19.2. The number of fused-ring (bicyclic) bond motifs is 1. The van der Waals surface area contributed by atoms with Crippen LogP contribution in [0.3, 0.4) is 0 Å². The smallest absolute Gasteiger partial charge is 0.243 e. The van der Waals surface area contributed by atoms with Gasteiger partial charge in [0.15, 0.2) is 0 Å². The number of hydrogen-bond acceptors (Lipinski definition) is 5. The van der Waals surface area contributed by atoms with Crippen molar-refractivity contribution in [2.45, 2.75) is 19.5 Å². The van der Waals surface area contributed by atoms with Gasteiger partial charge in [0, 0.05) is 6.54 Å². The number of amides is 2. The van der Waals surface area contributed by atoms with Gasteiger partial charge in [-0.3, -0.25) is 9.59 Å². The summed E-state index contributed by atoms with van der Waals surface area (Å²) in [5.41, 5.74) is 0.889. The molecule has 0 spiro atoms. The van der Waals surface area contributed by atoms with Crippen LogP contribution in [0.4, 0.5) is 0 Å². The maximum absolute atomic E-state index is 12.5. The van der Waals surface area contributed by atoms with Gasteiger partial charge in [-0.2, -0.15) is 0 Å². The SMILES string of the molecule is C=CC(=O)NCC(NC(=O)Cn1nnnc1C)c1ccc2ccccc2c1. The number of nitrogens with zero attached hydrogens (tertiary/aromatic N) is 4. The third-order valence-corrected chi connectivity index (χ3v) is 4.18. The van der Waals surface area contributed by atoms with Gasteiger partial charge in [0.2, 0.25) is 11.8 Å². The Labute approximate surface area is 156 Å². The fourth-order valence-corrected chi connectivity index (χ4v) is 2.72. The van der Waals surface area contributed by atoms with Gasteiger partial charge < -0.3 is 10.6 Å². The third-order valence-electron chi connectivity index (χ3n) is 4.18. The Hall–Kier alpha value is -3.55. The standard InChI is InChI=1S/C19H20N6O2/c1-3-18(26)20-11-17(21-19(27)12-25-13(2)22-23-24-25)16-9-8-14-6-4-5-7-15(14)10-16/h3-10,17H,1,11-12H2,2H3,(H,20,26)(H,21,27). The van der Waals surface area contributed by atoms with Gasteiger partial charge in [-0.25, -0.2) is 4.68 Å². The Bertz CT molecular complexity index is 981. The zero-order valence-corrected chi connectivity index (χ0v) is 14.9. The number of hydrogen-bond donors (Lipinski definition) is 2. The van der Waals surface area contributed by atoms with Crippen molar-refractivity contribution in [3.05, 3.63) is 66.5 Å². The lowest BCUT2D eigenvalue weighted by molar-refractivity contribution is -0.123. The maximum atomic E-state index is 12.5. The van der Waals surface area contributed by atoms with Crippen LogP contribution in [-0.2, 0) is 16.1 Å². The van der Waals surface area contributed by atoms with Crippen molar-refractivity contribution in [3.8, 4) is 0 Å². The molecule has 8 heteroatoms. The number of aromatic nitrogens is 4. The molecule has 0 aliphatic rings. The van der Waals surface area contributed by atoms with Crippen molar-refractivity contribution < 1.29 is 9.59 Å². The summed E-state index contributed by atoms with van der Waals surface area (Å²) in [4.78, 5) is 24.0. The second-order valence-corrected chi connectivity index (χ2v) is 6.06. The molecule has 1 atom stereocenters. The van der Waals surface area contributed by atoms with E-state index in [0.717, 1.165) is 16.3 Å². The Balaban J connectivity index is 1.80. The fraction of sp³-hybridized carbons (Fsp3) is 0.211. The molecule has 27 heavy (non-hydrogen) atoms. The molecule has 0 saturated heterocycles. The molecule has 1 unspecified atom stereocenters. The lowest BCUT2D eigenvalue weighted by Gasteiger charge is -2.20. The third kappa shape index (κ3) is 4.55. The first-order valence-corrected chi connectivity index (χ1v) is 8.48. The second-order valence-electron chi connectivity index (χ2n) is 6.06. The predicted octanol–water partition coefficient (Wildman–Crippen LogP) is 1.29. The van der Waals surface area contributed by atoms with Gasteiger partial charge >= 0.3 is 0 Å². The van der Waals surface area contributed by atoms with E-state index < -0.39 is 6.04 Å². The average Bonchev–Trinajstić information content (AvgIpc) is 3.08. The maximum Gasteiger partial charge on any atom is 0.243 e. The minimum absolute atomic E-state index is 0.00167. The Kier molecular flexibility index (Phi) is 5.55. The Morgan fingerprint density at radius 1 is 1.22 bits per heavy atom. The molecule has 3 rings (SSSR count). The van der Waals surface area contributed by atoms with Gasteiger partial charge in [-0.1, -0.05) is 43.0 Å². The largest absolute Gasteiger partial charge is 0.350 e. The number of rotatable bonds is 7. The van der Waals surface area contributed by atoms with Crippen LogP contribution in [-0.4, -0.2) is 38.6 Å². The number of carbonyl (C=O) groups is 2. The highest BCUT2D eigenvalue weighted by Gasteiger charge is 2.17. The lowest BCUT2D eigenvalue weighted by atomic mass is 10.0. The van der Waals surface area contributed by atoms with E-state index in [4.69, 9.17) is 0 Å². The average molecular weight is 364 g/mol. The molecule has 0 aliphatic carbocycles. The van der Waals surface area contributed by atoms with Crippen LogP contribution in [0, 0.1) is 6.92 Å². The quantitative estimate of drug-likeness (QED) is 0.615. The lowest BCUT2D eigenvalue weighted by Crippen LogP contribution is -2.39. The van der Waals surface area contributed by atoms with Crippen molar-refractivity contribution in [1.82, 2.24) is 30.8 Å². The van der Waals surface area contributed by atoms with E-state index in [9.17, 15) is 9.59 Å². The number of benzene rings is 2. The van der Waals surface area contributed by atoms with Gasteiger partial charge in [0.25, 0.3) is 0 Å². The molecule has 2 amide bonds. The first kappa shape index (κ1) is 18.2. The molecule has 138 valence electrons. The summed E-state index contributed by atoms with van der Waals surface area (Å²) in [6, 6.07) is 13.5. The van der Waals surface area contributed by atoms with E-state index in [1.807, 2.05) is 42.5 Å². The Morgan fingerprint density at radius 3 is 2.70 bits per heavy atom. The molecule has 0 radical (unpaired) electrons. The van der Waals surface area contributed by atoms with E-state index in [0.29, 0.717) is 5.82 Å². The van der Waals surface area contributed by atoms with E-state index in [2.05, 4.69) is 32.7 Å². The minimum Gasteiger partial charge on any atom is -0.350 e. The number of carbonyl (C=O) groups excluding carboxylic acids is 2. The van der Waals surface area contributed by atoms with E-state index >= 15 is 0 Å². The highest BCUT2D eigenvalue weighted by molar-refractivity contribution is 5.87. The monoisotopic (exact) mass is 364 g/mol. The first-order chi connectivity index (χ1) is 13.1. The van der Waals surface area contributed by atoms with Crippen molar-refractivity contribution in [3.63, 3.8) is 0 Å². The molecule has 0 bridgehead atoms. The van der Waals surface area contributed by atoms with Crippen LogP contribution >= 0.6 is 0 Å². The summed E-state index contributed by atoms with van der Waals surface area (Å²) < 4.78 is 1.41. The van der Waals surface area contributed by atoms with Crippen LogP contribution in [0.1, 0.15) is 17.4 Å². The van der Waals surface area contributed by atoms with Crippen molar-refractivity contribution in [2.75, 3.05) is 6.54 Å². The highest BCUT2D eigenvalue weighted by atomic mass is 16.2. The normalized spacial score (nSPS) is 11.7. The molecule has 3 aromatic rings. The van der Waals surface area contributed by atoms with Gasteiger partial charge in [-0.15, -0.1) is 5.10 Å². The van der Waals surface area contributed by atoms with Crippen molar-refractivity contribution in [1.29, 1.82) is 0 Å². The summed E-state index contributed by atoms with van der Waals surface area (Å²) in [7, 11) is 0. The van der Waals surface area contributed by atoms with Crippen LogP contribution in [0.15, 0.2) is 55.1 Å². The molecule has 2 N–H and O–H groups in total. The topological polar surface area (TPSA) is 102 Å². The minimum atomic E-state index is -0.400. The summed E-state index contributed by atoms with van der Waals surface area (Å²) in [5.74, 6) is -0.00450. The molecule has 1 aromatic heterocycles. The number of aryl methyl sites for hydroxylation is 1. The van der Waals surface area contributed by atoms with Crippen LogP contribution in [0.25, 0.3) is 10.8 Å². The van der Waals surface area contributed by atoms with Crippen molar-refractivity contribution in [2.24, 2.45) is 0 Å². The molecule has 8 nitrogen and oxygen atoms in total. The van der Waals surface area contributed by atoms with E-state index in [1.54, 1.807) is 6.92 Å². The van der Waals surface area contributed by atoms with Crippen LogP contribution in [0.5, 0.6) is 0 Å². The Morgan fingerprint density at radius 2 is 2.00 bits per heavy atom. The highest BCUT2D eigenvalue weighted by Crippen LogP contribution is 2.20. The molecule has 2 aromatic carbocycles. The summed E-state index contributed by atoms with van der Waals surface area (Å²) in [5, 5.41) is 18.9. The molecule has 0 saturated carbocycles. The predicted molar refractivity (Wildman–Crippen MR) is 101 cm³/mol. The van der Waals surface area contributed by atoms with Gasteiger partial charge in [0.1, 0.15) is 12.4 Å². The number of tetrazole rings is 1. The molecule has 0 fully saturated rings. The molecular weight excluding hydrogens is 344 g/mol. The first-order valence-electron chi connectivity index (χ1n) is 8.48.